The van der Waals surface area contributed by atoms with Gasteiger partial charge in [0, 0.05) is 17.8 Å². The zero-order valence-electron chi connectivity index (χ0n) is 17.1. The molecule has 4 N–H and O–H groups in total. The van der Waals surface area contributed by atoms with Crippen molar-refractivity contribution in [1.82, 2.24) is 10.6 Å². The van der Waals surface area contributed by atoms with Gasteiger partial charge in [0.15, 0.2) is 0 Å². The number of aliphatic hydroxyl groups is 1. The fraction of sp³-hybridized carbons (Fsp3) is 0.364. The lowest BCUT2D eigenvalue weighted by atomic mass is 9.97. The number of amides is 3. The summed E-state index contributed by atoms with van der Waals surface area (Å²) in [6, 6.07) is 9.25. The molecule has 7 nitrogen and oxygen atoms in total. The summed E-state index contributed by atoms with van der Waals surface area (Å²) in [6.07, 6.45) is 1.07. The molecule has 172 valence electrons. The summed E-state index contributed by atoms with van der Waals surface area (Å²) in [6.45, 7) is 0.116. The van der Waals surface area contributed by atoms with Crippen molar-refractivity contribution in [3.05, 3.63) is 63.9 Å². The Labute approximate surface area is 195 Å². The van der Waals surface area contributed by atoms with Crippen LogP contribution in [0, 0.1) is 5.82 Å². The van der Waals surface area contributed by atoms with Crippen LogP contribution in [0.2, 0.25) is 10.0 Å². The number of hydrogen-bond acceptors (Lipinski definition) is 4. The van der Waals surface area contributed by atoms with E-state index >= 15 is 0 Å². The van der Waals surface area contributed by atoms with Crippen molar-refractivity contribution >= 4 is 40.8 Å². The van der Waals surface area contributed by atoms with Crippen LogP contribution in [0.3, 0.4) is 0 Å². The van der Waals surface area contributed by atoms with E-state index in [0.29, 0.717) is 47.1 Å². The number of aliphatic hydroxyl groups excluding tert-OH is 1. The van der Waals surface area contributed by atoms with Gasteiger partial charge in [-0.15, -0.1) is 0 Å². The Kier molecular flexibility index (Phi) is 8.69. The number of urea groups is 1. The summed E-state index contributed by atoms with van der Waals surface area (Å²) < 4.78 is 18.9. The fourth-order valence-electron chi connectivity index (χ4n) is 3.47. The molecule has 0 spiro atoms. The van der Waals surface area contributed by atoms with Gasteiger partial charge in [0.2, 0.25) is 0 Å². The number of hydrogen-bond donors (Lipinski definition) is 4. The monoisotopic (exact) mass is 483 g/mol. The Morgan fingerprint density at radius 3 is 2.53 bits per heavy atom. The Bertz CT molecular complexity index is 945. The minimum absolute atomic E-state index is 0.170. The van der Waals surface area contributed by atoms with Gasteiger partial charge in [-0.05, 0) is 61.7 Å². The van der Waals surface area contributed by atoms with Crippen LogP contribution >= 0.6 is 23.2 Å². The summed E-state index contributed by atoms with van der Waals surface area (Å²) in [5.41, 5.74) is 0.866. The Balaban J connectivity index is 1.43. The number of ether oxygens (including phenoxy) is 1. The van der Waals surface area contributed by atoms with Gasteiger partial charge in [-0.1, -0.05) is 23.2 Å². The Morgan fingerprint density at radius 1 is 1.09 bits per heavy atom. The first-order valence-corrected chi connectivity index (χ1v) is 10.9. The number of carbonyl (C=O) groups is 2. The molecule has 0 saturated carbocycles. The minimum atomic E-state index is -0.568. The second-order valence-electron chi connectivity index (χ2n) is 7.44. The highest BCUT2D eigenvalue weighted by Crippen LogP contribution is 2.25. The first-order valence-electron chi connectivity index (χ1n) is 10.2. The van der Waals surface area contributed by atoms with Crippen LogP contribution in [0.1, 0.15) is 29.6 Å². The van der Waals surface area contributed by atoms with Crippen molar-refractivity contribution in [1.29, 1.82) is 0 Å². The van der Waals surface area contributed by atoms with Crippen LogP contribution in [0.5, 0.6) is 0 Å². The standard InChI is InChI=1S/C22H24Cl2FN3O4/c23-17-7-5-15(11-18(17)24)27-22(31)28-19-8-6-16(32-20(19)12-29)9-10-26-21(30)13-1-3-14(25)4-2-13/h1-5,7,11,16,19-20,29H,6,8-10,12H2,(H,26,30)(H2,27,28,31)/t16-,19+,20-/m1/s1. The smallest absolute Gasteiger partial charge is 0.319 e. The zero-order chi connectivity index (χ0) is 23.1. The molecule has 0 bridgehead atoms. The largest absolute Gasteiger partial charge is 0.394 e. The summed E-state index contributed by atoms with van der Waals surface area (Å²) in [5, 5.41) is 18.7. The molecule has 1 aliphatic heterocycles. The lowest BCUT2D eigenvalue weighted by Crippen LogP contribution is -2.52. The van der Waals surface area contributed by atoms with Gasteiger partial charge in [-0.25, -0.2) is 9.18 Å². The van der Waals surface area contributed by atoms with Crippen LogP contribution in [-0.2, 0) is 4.74 Å². The van der Waals surface area contributed by atoms with E-state index in [-0.39, 0.29) is 24.7 Å². The predicted octanol–water partition coefficient (Wildman–Crippen LogP) is 3.98. The fourth-order valence-corrected chi connectivity index (χ4v) is 3.77. The van der Waals surface area contributed by atoms with Crippen molar-refractivity contribution in [3.8, 4) is 0 Å². The van der Waals surface area contributed by atoms with Gasteiger partial charge in [0.1, 0.15) is 11.9 Å². The quantitative estimate of drug-likeness (QED) is 0.478. The topological polar surface area (TPSA) is 99.7 Å². The molecule has 1 fully saturated rings. The molecule has 0 aliphatic carbocycles. The normalized spacial score (nSPS) is 20.4. The second kappa shape index (κ2) is 11.5. The van der Waals surface area contributed by atoms with E-state index in [4.69, 9.17) is 27.9 Å². The number of nitrogens with one attached hydrogen (secondary N) is 3. The van der Waals surface area contributed by atoms with Crippen LogP contribution in [0.4, 0.5) is 14.9 Å². The van der Waals surface area contributed by atoms with Gasteiger partial charge < -0.3 is 25.8 Å². The van der Waals surface area contributed by atoms with E-state index in [0.717, 1.165) is 0 Å². The molecule has 3 amide bonds. The first-order chi connectivity index (χ1) is 15.4. The summed E-state index contributed by atoms with van der Waals surface area (Å²) >= 11 is 11.8. The highest BCUT2D eigenvalue weighted by Gasteiger charge is 2.31. The van der Waals surface area contributed by atoms with E-state index in [9.17, 15) is 19.1 Å². The van der Waals surface area contributed by atoms with Crippen molar-refractivity contribution < 1.29 is 23.8 Å². The minimum Gasteiger partial charge on any atom is -0.394 e. The van der Waals surface area contributed by atoms with Crippen LogP contribution in [-0.4, -0.2) is 48.4 Å². The van der Waals surface area contributed by atoms with Crippen molar-refractivity contribution in [2.45, 2.75) is 37.5 Å². The van der Waals surface area contributed by atoms with E-state index in [1.807, 2.05) is 0 Å². The van der Waals surface area contributed by atoms with E-state index in [2.05, 4.69) is 16.0 Å². The molecule has 10 heteroatoms. The van der Waals surface area contributed by atoms with Crippen LogP contribution < -0.4 is 16.0 Å². The molecular formula is C22H24Cl2FN3O4. The number of carbonyl (C=O) groups excluding carboxylic acids is 2. The van der Waals surface area contributed by atoms with Crippen LogP contribution in [0.15, 0.2) is 42.5 Å². The molecule has 1 saturated heterocycles. The van der Waals surface area contributed by atoms with E-state index in [1.54, 1.807) is 18.2 Å². The Morgan fingerprint density at radius 2 is 1.84 bits per heavy atom. The predicted molar refractivity (Wildman–Crippen MR) is 121 cm³/mol. The zero-order valence-corrected chi connectivity index (χ0v) is 18.6. The molecule has 3 atom stereocenters. The highest BCUT2D eigenvalue weighted by molar-refractivity contribution is 6.42. The van der Waals surface area contributed by atoms with Crippen molar-refractivity contribution in [2.75, 3.05) is 18.5 Å². The van der Waals surface area contributed by atoms with Crippen molar-refractivity contribution in [2.24, 2.45) is 0 Å². The van der Waals surface area contributed by atoms with Gasteiger partial charge in [0.25, 0.3) is 5.91 Å². The highest BCUT2D eigenvalue weighted by atomic mass is 35.5. The SMILES string of the molecule is O=C(Nc1ccc(Cl)c(Cl)c1)N[C@H]1CC[C@H](CCNC(=O)c2ccc(F)cc2)O[C@@H]1CO. The molecule has 32 heavy (non-hydrogen) atoms. The summed E-state index contributed by atoms with van der Waals surface area (Å²) in [7, 11) is 0. The lowest BCUT2D eigenvalue weighted by Gasteiger charge is -2.36. The van der Waals surface area contributed by atoms with Gasteiger partial charge in [-0.3, -0.25) is 4.79 Å². The molecular weight excluding hydrogens is 460 g/mol. The molecule has 0 radical (unpaired) electrons. The Hall–Kier alpha value is -2.39. The third kappa shape index (κ3) is 6.80. The van der Waals surface area contributed by atoms with Gasteiger partial charge in [0.05, 0.1) is 28.8 Å². The molecule has 1 aliphatic rings. The summed E-state index contributed by atoms with van der Waals surface area (Å²) in [4.78, 5) is 24.4. The number of benzene rings is 2. The lowest BCUT2D eigenvalue weighted by molar-refractivity contribution is -0.0886. The van der Waals surface area contributed by atoms with E-state index < -0.39 is 18.0 Å². The number of halogens is 3. The number of rotatable bonds is 7. The van der Waals surface area contributed by atoms with Crippen LogP contribution in [0.25, 0.3) is 0 Å². The maximum absolute atomic E-state index is 13.0. The molecule has 0 aromatic heterocycles. The second-order valence-corrected chi connectivity index (χ2v) is 8.26. The molecule has 1 heterocycles. The average Bonchev–Trinajstić information content (AvgIpc) is 2.77. The third-order valence-corrected chi connectivity index (χ3v) is 5.89. The molecule has 2 aromatic rings. The maximum atomic E-state index is 13.0. The van der Waals surface area contributed by atoms with Crippen molar-refractivity contribution in [3.63, 3.8) is 0 Å². The first kappa shape index (κ1) is 24.3. The van der Waals surface area contributed by atoms with Gasteiger partial charge in [-0.2, -0.15) is 0 Å². The molecule has 0 unspecified atom stereocenters. The van der Waals surface area contributed by atoms with Gasteiger partial charge >= 0.3 is 6.03 Å². The average molecular weight is 484 g/mol. The maximum Gasteiger partial charge on any atom is 0.319 e. The third-order valence-electron chi connectivity index (χ3n) is 5.15. The summed E-state index contributed by atoms with van der Waals surface area (Å²) in [5.74, 6) is -0.695. The molecule has 2 aromatic carbocycles. The number of anilines is 1. The van der Waals surface area contributed by atoms with E-state index in [1.165, 1.54) is 24.3 Å². The molecule has 3 rings (SSSR count).